The monoisotopic (exact) mass is 397 g/mol. The molecule has 1 nitrogen and oxygen atoms in total. The van der Waals surface area contributed by atoms with Crippen molar-refractivity contribution in [2.24, 2.45) is 5.92 Å². The molecule has 0 aromatic heterocycles. The number of hydrogen-bond donors (Lipinski definition) is 0. The normalized spacial score (nSPS) is 24.7. The Morgan fingerprint density at radius 2 is 1.86 bits per heavy atom. The molecule has 2 aliphatic carbocycles. The molecule has 2 aromatic carbocycles. The average molecular weight is 397 g/mol. The van der Waals surface area contributed by atoms with Crippen molar-refractivity contribution in [3.63, 3.8) is 0 Å². The Balaban J connectivity index is 1.80. The molecule has 5 rings (SSSR count). The highest BCUT2D eigenvalue weighted by molar-refractivity contribution is 14.1. The van der Waals surface area contributed by atoms with Gasteiger partial charge >= 0.3 is 0 Å². The van der Waals surface area contributed by atoms with Crippen LogP contribution in [-0.4, -0.2) is 0 Å². The summed E-state index contributed by atoms with van der Waals surface area (Å²) in [4.78, 5) is 2.48. The van der Waals surface area contributed by atoms with Gasteiger partial charge in [0.15, 0.2) is 0 Å². The summed E-state index contributed by atoms with van der Waals surface area (Å²) in [6, 6.07) is 17.6. The Hall–Kier alpha value is -1.55. The Kier molecular flexibility index (Phi) is 2.78. The van der Waals surface area contributed by atoms with E-state index >= 15 is 0 Å². The molecule has 2 heteroatoms. The molecule has 0 radical (unpaired) electrons. The Labute approximate surface area is 144 Å². The maximum Gasteiger partial charge on any atom is 0.0500 e. The zero-order valence-electron chi connectivity index (χ0n) is 12.2. The van der Waals surface area contributed by atoms with Crippen LogP contribution in [0.15, 0.2) is 70.0 Å². The highest BCUT2D eigenvalue weighted by Gasteiger charge is 2.43. The minimum atomic E-state index is 0.554. The number of allylic oxidation sites excluding steroid dienone is 4. The molecule has 3 aliphatic rings. The summed E-state index contributed by atoms with van der Waals surface area (Å²) in [7, 11) is 0. The van der Waals surface area contributed by atoms with Gasteiger partial charge in [0.2, 0.25) is 0 Å². The summed E-state index contributed by atoms with van der Waals surface area (Å²) >= 11 is 2.48. The second-order valence-electron chi connectivity index (χ2n) is 6.32. The molecule has 1 aliphatic heterocycles. The molecule has 0 amide bonds. The van der Waals surface area contributed by atoms with Gasteiger partial charge in [-0.3, -0.25) is 0 Å². The fourth-order valence-electron chi connectivity index (χ4n) is 4.31. The SMILES string of the molecule is IC1=CC2CCc3cccc4c3C2C(=C1)N4c1ccccc1. The zero-order valence-corrected chi connectivity index (χ0v) is 14.3. The number of para-hydroxylation sites is 1. The number of rotatable bonds is 1. The number of hydrogen-bond acceptors (Lipinski definition) is 1. The van der Waals surface area contributed by atoms with E-state index < -0.39 is 0 Å². The van der Waals surface area contributed by atoms with Crippen molar-refractivity contribution in [1.29, 1.82) is 0 Å². The lowest BCUT2D eigenvalue weighted by Crippen LogP contribution is -2.23. The van der Waals surface area contributed by atoms with Crippen molar-refractivity contribution in [3.05, 3.63) is 81.1 Å². The van der Waals surface area contributed by atoms with Gasteiger partial charge in [-0.05, 0) is 76.8 Å². The number of benzene rings is 2. The maximum absolute atomic E-state index is 2.48. The van der Waals surface area contributed by atoms with Gasteiger partial charge in [0, 0.05) is 26.6 Å². The first-order valence-electron chi connectivity index (χ1n) is 7.89. The minimum absolute atomic E-state index is 0.554. The molecule has 1 heterocycles. The van der Waals surface area contributed by atoms with Crippen molar-refractivity contribution in [3.8, 4) is 0 Å². The third-order valence-electron chi connectivity index (χ3n) is 5.15. The average Bonchev–Trinajstić information content (AvgIpc) is 2.88. The van der Waals surface area contributed by atoms with Gasteiger partial charge in [0.1, 0.15) is 0 Å². The van der Waals surface area contributed by atoms with Crippen LogP contribution < -0.4 is 4.90 Å². The molecule has 2 aromatic rings. The van der Waals surface area contributed by atoms with Gasteiger partial charge in [-0.25, -0.2) is 0 Å². The van der Waals surface area contributed by atoms with Crippen LogP contribution in [-0.2, 0) is 6.42 Å². The maximum atomic E-state index is 2.48. The summed E-state index contributed by atoms with van der Waals surface area (Å²) in [6.45, 7) is 0. The lowest BCUT2D eigenvalue weighted by molar-refractivity contribution is 0.492. The lowest BCUT2D eigenvalue weighted by atomic mass is 9.73. The van der Waals surface area contributed by atoms with Crippen LogP contribution in [0.25, 0.3) is 0 Å². The summed E-state index contributed by atoms with van der Waals surface area (Å²) in [5.41, 5.74) is 7.26. The highest BCUT2D eigenvalue weighted by Crippen LogP contribution is 2.57. The van der Waals surface area contributed by atoms with E-state index in [4.69, 9.17) is 0 Å². The first kappa shape index (κ1) is 12.9. The van der Waals surface area contributed by atoms with Crippen molar-refractivity contribution in [2.45, 2.75) is 18.8 Å². The van der Waals surface area contributed by atoms with Crippen molar-refractivity contribution in [2.75, 3.05) is 4.90 Å². The van der Waals surface area contributed by atoms with Crippen LogP contribution in [0, 0.1) is 5.92 Å². The van der Waals surface area contributed by atoms with Crippen LogP contribution in [0.5, 0.6) is 0 Å². The van der Waals surface area contributed by atoms with E-state index in [1.165, 1.54) is 33.5 Å². The van der Waals surface area contributed by atoms with E-state index in [1.807, 2.05) is 0 Å². The molecule has 0 saturated carbocycles. The Bertz CT molecular complexity index is 819. The second kappa shape index (κ2) is 4.72. The fraction of sp³-hybridized carbons (Fsp3) is 0.200. The smallest absolute Gasteiger partial charge is 0.0500 e. The zero-order chi connectivity index (χ0) is 14.7. The molecule has 2 atom stereocenters. The van der Waals surface area contributed by atoms with E-state index in [0.29, 0.717) is 11.8 Å². The summed E-state index contributed by atoms with van der Waals surface area (Å²) in [5, 5.41) is 0. The first-order chi connectivity index (χ1) is 10.8. The van der Waals surface area contributed by atoms with Crippen LogP contribution in [0.3, 0.4) is 0 Å². The van der Waals surface area contributed by atoms with Gasteiger partial charge in [0.25, 0.3) is 0 Å². The molecule has 108 valence electrons. The molecular weight excluding hydrogens is 381 g/mol. The molecule has 0 saturated heterocycles. The molecular formula is C20H16IN. The van der Waals surface area contributed by atoms with Crippen LogP contribution in [0.4, 0.5) is 11.4 Å². The van der Waals surface area contributed by atoms with E-state index in [-0.39, 0.29) is 0 Å². The second-order valence-corrected chi connectivity index (χ2v) is 7.57. The van der Waals surface area contributed by atoms with E-state index in [2.05, 4.69) is 88.2 Å². The topological polar surface area (TPSA) is 3.24 Å². The molecule has 22 heavy (non-hydrogen) atoms. The first-order valence-corrected chi connectivity index (χ1v) is 8.97. The molecule has 0 bridgehead atoms. The van der Waals surface area contributed by atoms with E-state index in [9.17, 15) is 0 Å². The highest BCUT2D eigenvalue weighted by atomic mass is 127. The Morgan fingerprint density at radius 1 is 1.00 bits per heavy atom. The predicted molar refractivity (Wildman–Crippen MR) is 99.8 cm³/mol. The summed E-state index contributed by atoms with van der Waals surface area (Å²) < 4.78 is 1.38. The summed E-state index contributed by atoms with van der Waals surface area (Å²) in [6.07, 6.45) is 7.33. The summed E-state index contributed by atoms with van der Waals surface area (Å²) in [5.74, 6) is 1.22. The van der Waals surface area contributed by atoms with Gasteiger partial charge in [-0.2, -0.15) is 0 Å². The predicted octanol–water partition coefficient (Wildman–Crippen LogP) is 5.70. The number of anilines is 2. The van der Waals surface area contributed by atoms with Crippen LogP contribution in [0.2, 0.25) is 0 Å². The third kappa shape index (κ3) is 1.70. The van der Waals surface area contributed by atoms with Crippen LogP contribution >= 0.6 is 22.6 Å². The number of halogens is 1. The molecule has 0 fully saturated rings. The molecule has 0 N–H and O–H groups in total. The van der Waals surface area contributed by atoms with Crippen LogP contribution in [0.1, 0.15) is 23.5 Å². The van der Waals surface area contributed by atoms with E-state index in [1.54, 1.807) is 11.1 Å². The fourth-order valence-corrected chi connectivity index (χ4v) is 5.09. The Morgan fingerprint density at radius 3 is 2.73 bits per heavy atom. The van der Waals surface area contributed by atoms with Crippen molar-refractivity contribution >= 4 is 34.0 Å². The number of aryl methyl sites for hydroxylation is 1. The van der Waals surface area contributed by atoms with Crippen molar-refractivity contribution in [1.82, 2.24) is 0 Å². The van der Waals surface area contributed by atoms with Gasteiger partial charge < -0.3 is 4.90 Å². The number of nitrogens with zero attached hydrogens (tertiary/aromatic N) is 1. The van der Waals surface area contributed by atoms with E-state index in [0.717, 1.165) is 0 Å². The molecule has 2 unspecified atom stereocenters. The van der Waals surface area contributed by atoms with Gasteiger partial charge in [-0.15, -0.1) is 0 Å². The quantitative estimate of drug-likeness (QED) is 0.558. The largest absolute Gasteiger partial charge is 0.313 e. The van der Waals surface area contributed by atoms with Gasteiger partial charge in [-0.1, -0.05) is 36.4 Å². The molecule has 0 spiro atoms. The standard InChI is InChI=1S/C20H16IN/c21-15-11-14-10-9-13-5-4-8-17-19(13)20(14)18(12-15)22(17)16-6-2-1-3-7-16/h1-8,11-12,14,20H,9-10H2. The van der Waals surface area contributed by atoms with Gasteiger partial charge in [0.05, 0.1) is 0 Å². The van der Waals surface area contributed by atoms with Crippen molar-refractivity contribution < 1.29 is 0 Å². The minimum Gasteiger partial charge on any atom is -0.313 e. The third-order valence-corrected chi connectivity index (χ3v) is 5.82. The lowest BCUT2D eigenvalue weighted by Gasteiger charge is -2.32.